The molecule has 19 heavy (non-hydrogen) atoms. The molecule has 6 heteroatoms. The van der Waals surface area contributed by atoms with Crippen molar-refractivity contribution in [2.24, 2.45) is 0 Å². The predicted octanol–water partition coefficient (Wildman–Crippen LogP) is 1.78. The summed E-state index contributed by atoms with van der Waals surface area (Å²) < 4.78 is 5.04. The van der Waals surface area contributed by atoms with Gasteiger partial charge in [-0.3, -0.25) is 0 Å². The molecule has 0 spiro atoms. The molecular formula is C13H16N4O2. The van der Waals surface area contributed by atoms with Crippen LogP contribution in [0.25, 0.3) is 0 Å². The van der Waals surface area contributed by atoms with Gasteiger partial charge >= 0.3 is 6.03 Å². The number of hydrogen-bond acceptors (Lipinski definition) is 3. The first kappa shape index (κ1) is 12.9. The van der Waals surface area contributed by atoms with Crippen LogP contribution in [0.4, 0.5) is 10.5 Å². The lowest BCUT2D eigenvalue weighted by Crippen LogP contribution is -2.30. The van der Waals surface area contributed by atoms with Gasteiger partial charge in [-0.2, -0.15) is 0 Å². The number of amides is 2. The molecular weight excluding hydrogens is 244 g/mol. The van der Waals surface area contributed by atoms with E-state index in [2.05, 4.69) is 20.6 Å². The lowest BCUT2D eigenvalue weighted by atomic mass is 10.3. The van der Waals surface area contributed by atoms with E-state index in [1.165, 1.54) is 0 Å². The van der Waals surface area contributed by atoms with Crippen LogP contribution >= 0.6 is 0 Å². The van der Waals surface area contributed by atoms with Crippen LogP contribution in [-0.2, 0) is 6.42 Å². The molecule has 1 aromatic heterocycles. The van der Waals surface area contributed by atoms with E-state index in [4.69, 9.17) is 4.74 Å². The fraction of sp³-hybridized carbons (Fsp3) is 0.231. The van der Waals surface area contributed by atoms with E-state index in [0.717, 1.165) is 23.6 Å². The van der Waals surface area contributed by atoms with Crippen LogP contribution in [0.1, 0.15) is 5.69 Å². The zero-order valence-corrected chi connectivity index (χ0v) is 10.6. The second kappa shape index (κ2) is 6.44. The van der Waals surface area contributed by atoms with Gasteiger partial charge < -0.3 is 20.4 Å². The first-order chi connectivity index (χ1) is 9.28. The Labute approximate surface area is 111 Å². The van der Waals surface area contributed by atoms with E-state index in [0.29, 0.717) is 6.54 Å². The first-order valence-corrected chi connectivity index (χ1v) is 5.94. The third kappa shape index (κ3) is 4.02. The van der Waals surface area contributed by atoms with Crippen molar-refractivity contribution in [2.45, 2.75) is 6.42 Å². The molecule has 3 N–H and O–H groups in total. The largest absolute Gasteiger partial charge is 0.497 e. The van der Waals surface area contributed by atoms with Crippen LogP contribution < -0.4 is 15.4 Å². The van der Waals surface area contributed by atoms with Crippen LogP contribution in [0.2, 0.25) is 0 Å². The van der Waals surface area contributed by atoms with Crippen molar-refractivity contribution in [1.82, 2.24) is 15.3 Å². The fourth-order valence-electron chi connectivity index (χ4n) is 1.58. The Kier molecular flexibility index (Phi) is 4.39. The van der Waals surface area contributed by atoms with Gasteiger partial charge in [0.05, 0.1) is 13.4 Å². The number of carbonyl (C=O) groups excluding carboxylic acids is 1. The third-order valence-electron chi connectivity index (χ3n) is 2.58. The Hall–Kier alpha value is -2.50. The van der Waals surface area contributed by atoms with Gasteiger partial charge in [-0.1, -0.05) is 0 Å². The number of H-pyrrole nitrogens is 1. The van der Waals surface area contributed by atoms with Gasteiger partial charge in [-0.25, -0.2) is 9.78 Å². The highest BCUT2D eigenvalue weighted by Crippen LogP contribution is 2.14. The minimum Gasteiger partial charge on any atom is -0.497 e. The smallest absolute Gasteiger partial charge is 0.319 e. The molecule has 0 aliphatic carbocycles. The number of carbonyl (C=O) groups is 1. The number of urea groups is 1. The maximum absolute atomic E-state index is 11.6. The van der Waals surface area contributed by atoms with E-state index >= 15 is 0 Å². The maximum Gasteiger partial charge on any atom is 0.319 e. The highest BCUT2D eigenvalue weighted by Gasteiger charge is 2.01. The van der Waals surface area contributed by atoms with E-state index in [1.807, 2.05) is 0 Å². The van der Waals surface area contributed by atoms with E-state index in [9.17, 15) is 4.79 Å². The number of aromatic nitrogens is 2. The number of nitrogens with zero attached hydrogens (tertiary/aromatic N) is 1. The summed E-state index contributed by atoms with van der Waals surface area (Å²) in [6.45, 7) is 0.546. The average molecular weight is 260 g/mol. The molecule has 1 heterocycles. The Bertz CT molecular complexity index is 508. The molecule has 6 nitrogen and oxygen atoms in total. The lowest BCUT2D eigenvalue weighted by molar-refractivity contribution is 0.252. The van der Waals surface area contributed by atoms with E-state index in [-0.39, 0.29) is 6.03 Å². The van der Waals surface area contributed by atoms with E-state index in [1.54, 1.807) is 43.9 Å². The van der Waals surface area contributed by atoms with Gasteiger partial charge in [0.15, 0.2) is 0 Å². The summed E-state index contributed by atoms with van der Waals surface area (Å²) in [5.41, 5.74) is 1.71. The zero-order chi connectivity index (χ0) is 13.5. The number of rotatable bonds is 5. The van der Waals surface area contributed by atoms with Gasteiger partial charge in [0, 0.05) is 30.5 Å². The lowest BCUT2D eigenvalue weighted by Gasteiger charge is -2.07. The molecule has 0 saturated carbocycles. The molecule has 0 radical (unpaired) electrons. The molecule has 1 aromatic carbocycles. The molecule has 0 aliphatic rings. The van der Waals surface area contributed by atoms with Crippen LogP contribution in [0.15, 0.2) is 36.8 Å². The average Bonchev–Trinajstić information content (AvgIpc) is 2.93. The zero-order valence-electron chi connectivity index (χ0n) is 10.6. The highest BCUT2D eigenvalue weighted by atomic mass is 16.5. The van der Waals surface area contributed by atoms with Gasteiger partial charge in [-0.05, 0) is 24.3 Å². The Morgan fingerprint density at radius 3 is 2.79 bits per heavy atom. The summed E-state index contributed by atoms with van der Waals surface area (Å²) in [4.78, 5) is 18.5. The molecule has 2 amide bonds. The minimum atomic E-state index is -0.232. The van der Waals surface area contributed by atoms with Crippen molar-refractivity contribution in [3.63, 3.8) is 0 Å². The predicted molar refractivity (Wildman–Crippen MR) is 72.3 cm³/mol. The van der Waals surface area contributed by atoms with Crippen LogP contribution in [0, 0.1) is 0 Å². The Balaban J connectivity index is 1.74. The molecule has 0 atom stereocenters. The topological polar surface area (TPSA) is 79.0 Å². The molecule has 2 aromatic rings. The fourth-order valence-corrected chi connectivity index (χ4v) is 1.58. The quantitative estimate of drug-likeness (QED) is 0.766. The number of ether oxygens (including phenoxy) is 1. The van der Waals surface area contributed by atoms with Crippen molar-refractivity contribution in [3.05, 3.63) is 42.5 Å². The second-order valence-corrected chi connectivity index (χ2v) is 3.94. The Morgan fingerprint density at radius 2 is 2.16 bits per heavy atom. The van der Waals surface area contributed by atoms with Crippen molar-refractivity contribution >= 4 is 11.7 Å². The van der Waals surface area contributed by atoms with Gasteiger partial charge in [0.2, 0.25) is 0 Å². The number of aromatic amines is 1. The number of hydrogen-bond donors (Lipinski definition) is 3. The second-order valence-electron chi connectivity index (χ2n) is 3.94. The summed E-state index contributed by atoms with van der Waals surface area (Å²) in [6, 6.07) is 6.92. The summed E-state index contributed by atoms with van der Waals surface area (Å²) in [5.74, 6) is 0.755. The molecule has 0 aliphatic heterocycles. The number of nitrogens with one attached hydrogen (secondary N) is 3. The monoisotopic (exact) mass is 260 g/mol. The number of methoxy groups -OCH3 is 1. The SMILES string of the molecule is COc1ccc(NC(=O)NCCc2cnc[nH]2)cc1. The van der Waals surface area contributed by atoms with Gasteiger partial charge in [0.25, 0.3) is 0 Å². The normalized spacial score (nSPS) is 9.95. The van der Waals surface area contributed by atoms with Crippen molar-refractivity contribution in [2.75, 3.05) is 19.0 Å². The summed E-state index contributed by atoms with van der Waals surface area (Å²) in [6.07, 6.45) is 4.08. The number of anilines is 1. The molecule has 0 unspecified atom stereocenters. The van der Waals surface area contributed by atoms with Crippen LogP contribution in [0.5, 0.6) is 5.75 Å². The molecule has 2 rings (SSSR count). The van der Waals surface area contributed by atoms with Crippen LogP contribution in [0.3, 0.4) is 0 Å². The molecule has 0 bridgehead atoms. The van der Waals surface area contributed by atoms with Gasteiger partial charge in [0.1, 0.15) is 5.75 Å². The molecule has 100 valence electrons. The van der Waals surface area contributed by atoms with Gasteiger partial charge in [-0.15, -0.1) is 0 Å². The summed E-state index contributed by atoms with van der Waals surface area (Å²) in [7, 11) is 1.60. The third-order valence-corrected chi connectivity index (χ3v) is 2.58. The highest BCUT2D eigenvalue weighted by molar-refractivity contribution is 5.89. The summed E-state index contributed by atoms with van der Waals surface area (Å²) >= 11 is 0. The van der Waals surface area contributed by atoms with Crippen molar-refractivity contribution in [1.29, 1.82) is 0 Å². The molecule has 0 fully saturated rings. The maximum atomic E-state index is 11.6. The first-order valence-electron chi connectivity index (χ1n) is 5.94. The number of benzene rings is 1. The van der Waals surface area contributed by atoms with Crippen LogP contribution in [-0.4, -0.2) is 29.7 Å². The molecule has 0 saturated heterocycles. The summed E-state index contributed by atoms with van der Waals surface area (Å²) in [5, 5.41) is 5.51. The number of imidazole rings is 1. The van der Waals surface area contributed by atoms with E-state index < -0.39 is 0 Å². The van der Waals surface area contributed by atoms with Crippen molar-refractivity contribution < 1.29 is 9.53 Å². The minimum absolute atomic E-state index is 0.232. The standard InChI is InChI=1S/C13H16N4O2/c1-19-12-4-2-10(3-5-12)17-13(18)15-7-6-11-8-14-9-16-11/h2-5,8-9H,6-7H2,1H3,(H,14,16)(H2,15,17,18). The Morgan fingerprint density at radius 1 is 1.37 bits per heavy atom. The van der Waals surface area contributed by atoms with Crippen molar-refractivity contribution in [3.8, 4) is 5.75 Å².